The summed E-state index contributed by atoms with van der Waals surface area (Å²) in [6.45, 7) is 4.50. The summed E-state index contributed by atoms with van der Waals surface area (Å²) < 4.78 is 0. The Morgan fingerprint density at radius 2 is 1.94 bits per heavy atom. The Morgan fingerprint density at radius 3 is 2.59 bits per heavy atom. The molecule has 2 aliphatic rings. The Morgan fingerprint density at radius 1 is 1.18 bits per heavy atom. The van der Waals surface area contributed by atoms with Crippen LogP contribution in [-0.4, -0.2) is 54.1 Å². The fourth-order valence-corrected chi connectivity index (χ4v) is 2.41. The molecule has 17 heavy (non-hydrogen) atoms. The molecule has 1 saturated heterocycles. The summed E-state index contributed by atoms with van der Waals surface area (Å²) in [6, 6.07) is 2.91. The Bertz CT molecular complexity index is 382. The van der Waals surface area contributed by atoms with Gasteiger partial charge in [0.1, 0.15) is 18.0 Å². The van der Waals surface area contributed by atoms with E-state index in [-0.39, 0.29) is 0 Å². The van der Waals surface area contributed by atoms with E-state index >= 15 is 0 Å². The van der Waals surface area contributed by atoms with Gasteiger partial charge in [-0.3, -0.25) is 4.90 Å². The van der Waals surface area contributed by atoms with Crippen LogP contribution in [0.3, 0.4) is 0 Å². The highest BCUT2D eigenvalue weighted by molar-refractivity contribution is 5.48. The van der Waals surface area contributed by atoms with Crippen molar-refractivity contribution in [3.05, 3.63) is 12.4 Å². The van der Waals surface area contributed by atoms with Crippen molar-refractivity contribution in [2.75, 3.05) is 43.4 Å². The van der Waals surface area contributed by atoms with E-state index in [9.17, 15) is 0 Å². The third-order valence-corrected chi connectivity index (χ3v) is 3.61. The Kier molecular flexibility index (Phi) is 2.84. The van der Waals surface area contributed by atoms with E-state index in [1.807, 2.05) is 13.1 Å². The Balaban J connectivity index is 1.64. The molecule has 3 rings (SSSR count). The predicted molar refractivity (Wildman–Crippen MR) is 68.4 cm³/mol. The van der Waals surface area contributed by atoms with Crippen molar-refractivity contribution in [3.8, 4) is 0 Å². The van der Waals surface area contributed by atoms with Gasteiger partial charge in [0, 0.05) is 45.3 Å². The summed E-state index contributed by atoms with van der Waals surface area (Å²) in [5, 5.41) is 3.06. The lowest BCUT2D eigenvalue weighted by Gasteiger charge is -2.35. The van der Waals surface area contributed by atoms with E-state index in [1.165, 1.54) is 25.9 Å². The quantitative estimate of drug-likeness (QED) is 0.836. The molecule has 0 atom stereocenters. The molecule has 1 aliphatic heterocycles. The van der Waals surface area contributed by atoms with E-state index in [4.69, 9.17) is 0 Å². The average Bonchev–Trinajstić information content (AvgIpc) is 3.23. The van der Waals surface area contributed by atoms with Crippen LogP contribution in [0, 0.1) is 0 Å². The molecule has 5 nitrogen and oxygen atoms in total. The van der Waals surface area contributed by atoms with Crippen LogP contribution < -0.4 is 10.2 Å². The van der Waals surface area contributed by atoms with Gasteiger partial charge in [-0.1, -0.05) is 0 Å². The van der Waals surface area contributed by atoms with Crippen molar-refractivity contribution in [1.82, 2.24) is 14.9 Å². The van der Waals surface area contributed by atoms with Crippen LogP contribution in [-0.2, 0) is 0 Å². The Labute approximate surface area is 102 Å². The molecule has 0 aromatic carbocycles. The van der Waals surface area contributed by atoms with Crippen LogP contribution in [0.15, 0.2) is 12.4 Å². The molecule has 1 aromatic heterocycles. The molecule has 0 amide bonds. The minimum absolute atomic E-state index is 0.885. The van der Waals surface area contributed by atoms with Gasteiger partial charge in [0.15, 0.2) is 0 Å². The lowest BCUT2D eigenvalue weighted by atomic mass is 10.3. The fraction of sp³-hybridized carbons (Fsp3) is 0.667. The van der Waals surface area contributed by atoms with Crippen molar-refractivity contribution in [2.45, 2.75) is 18.9 Å². The van der Waals surface area contributed by atoms with Crippen LogP contribution in [0.1, 0.15) is 12.8 Å². The van der Waals surface area contributed by atoms with Crippen LogP contribution in [0.4, 0.5) is 11.6 Å². The van der Waals surface area contributed by atoms with Gasteiger partial charge in [0.2, 0.25) is 0 Å². The topological polar surface area (TPSA) is 44.3 Å². The summed E-state index contributed by atoms with van der Waals surface area (Å²) >= 11 is 0. The zero-order valence-electron chi connectivity index (χ0n) is 10.3. The maximum atomic E-state index is 4.35. The third-order valence-electron chi connectivity index (χ3n) is 3.61. The first-order chi connectivity index (χ1) is 8.36. The highest BCUT2D eigenvalue weighted by Gasteiger charge is 2.31. The van der Waals surface area contributed by atoms with Crippen LogP contribution >= 0.6 is 0 Å². The molecule has 1 aliphatic carbocycles. The zero-order valence-corrected chi connectivity index (χ0v) is 10.3. The summed E-state index contributed by atoms with van der Waals surface area (Å²) in [4.78, 5) is 13.5. The van der Waals surface area contributed by atoms with Crippen molar-refractivity contribution < 1.29 is 0 Å². The molecule has 0 radical (unpaired) electrons. The highest BCUT2D eigenvalue weighted by Crippen LogP contribution is 2.28. The molecule has 0 spiro atoms. The van der Waals surface area contributed by atoms with Gasteiger partial charge in [-0.15, -0.1) is 0 Å². The molecule has 5 heteroatoms. The van der Waals surface area contributed by atoms with Gasteiger partial charge < -0.3 is 10.2 Å². The summed E-state index contributed by atoms with van der Waals surface area (Å²) in [5.41, 5.74) is 0. The number of rotatable bonds is 3. The number of piperazine rings is 1. The third kappa shape index (κ3) is 2.34. The van der Waals surface area contributed by atoms with Crippen LogP contribution in [0.25, 0.3) is 0 Å². The van der Waals surface area contributed by atoms with Crippen LogP contribution in [0.2, 0.25) is 0 Å². The van der Waals surface area contributed by atoms with Gasteiger partial charge in [0.25, 0.3) is 0 Å². The number of nitrogens with one attached hydrogen (secondary N) is 1. The molecule has 2 fully saturated rings. The minimum atomic E-state index is 0.885. The normalized spacial score (nSPS) is 21.6. The van der Waals surface area contributed by atoms with E-state index in [1.54, 1.807) is 6.33 Å². The number of aromatic nitrogens is 2. The summed E-state index contributed by atoms with van der Waals surface area (Å²) in [7, 11) is 1.89. The van der Waals surface area contributed by atoms with E-state index in [0.29, 0.717) is 0 Å². The molecule has 2 heterocycles. The summed E-state index contributed by atoms with van der Waals surface area (Å²) in [6.07, 6.45) is 4.43. The molecule has 0 unspecified atom stereocenters. The molecule has 0 bridgehead atoms. The van der Waals surface area contributed by atoms with Gasteiger partial charge in [-0.25, -0.2) is 9.97 Å². The van der Waals surface area contributed by atoms with E-state index in [0.717, 1.165) is 30.8 Å². The number of hydrogen-bond donors (Lipinski definition) is 1. The molecule has 1 aromatic rings. The zero-order chi connectivity index (χ0) is 11.7. The molecular formula is C12H19N5. The first-order valence-corrected chi connectivity index (χ1v) is 6.35. The standard InChI is InChI=1S/C12H19N5/c1-13-11-8-12(15-9-14-11)17-6-4-16(5-7-17)10-2-3-10/h8-10H,2-7H2,1H3,(H,13,14,15). The van der Waals surface area contributed by atoms with Crippen molar-refractivity contribution in [1.29, 1.82) is 0 Å². The number of anilines is 2. The minimum Gasteiger partial charge on any atom is -0.373 e. The average molecular weight is 233 g/mol. The maximum Gasteiger partial charge on any atom is 0.134 e. The molecule has 1 saturated carbocycles. The first-order valence-electron chi connectivity index (χ1n) is 6.35. The predicted octanol–water partition coefficient (Wildman–Crippen LogP) is 0.803. The first kappa shape index (κ1) is 10.8. The highest BCUT2D eigenvalue weighted by atomic mass is 15.3. The second-order valence-corrected chi connectivity index (χ2v) is 4.77. The smallest absolute Gasteiger partial charge is 0.134 e. The Hall–Kier alpha value is -1.36. The van der Waals surface area contributed by atoms with Gasteiger partial charge >= 0.3 is 0 Å². The van der Waals surface area contributed by atoms with Gasteiger partial charge in [0.05, 0.1) is 0 Å². The SMILES string of the molecule is CNc1cc(N2CCN(C3CC3)CC2)ncn1. The number of hydrogen-bond acceptors (Lipinski definition) is 5. The lowest BCUT2D eigenvalue weighted by Crippen LogP contribution is -2.47. The number of nitrogens with zero attached hydrogens (tertiary/aromatic N) is 4. The van der Waals surface area contributed by atoms with E-state index in [2.05, 4.69) is 25.1 Å². The van der Waals surface area contributed by atoms with Gasteiger partial charge in [-0.05, 0) is 12.8 Å². The molecule has 1 N–H and O–H groups in total. The second kappa shape index (κ2) is 4.49. The lowest BCUT2D eigenvalue weighted by molar-refractivity contribution is 0.247. The van der Waals surface area contributed by atoms with E-state index < -0.39 is 0 Å². The van der Waals surface area contributed by atoms with Crippen LogP contribution in [0.5, 0.6) is 0 Å². The van der Waals surface area contributed by atoms with Crippen molar-refractivity contribution in [2.24, 2.45) is 0 Å². The second-order valence-electron chi connectivity index (χ2n) is 4.77. The fourth-order valence-electron chi connectivity index (χ4n) is 2.41. The largest absolute Gasteiger partial charge is 0.373 e. The van der Waals surface area contributed by atoms with Crippen molar-refractivity contribution in [3.63, 3.8) is 0 Å². The summed E-state index contributed by atoms with van der Waals surface area (Å²) in [5.74, 6) is 1.93. The van der Waals surface area contributed by atoms with Crippen molar-refractivity contribution >= 4 is 11.6 Å². The molecule has 92 valence electrons. The molecular weight excluding hydrogens is 214 g/mol. The monoisotopic (exact) mass is 233 g/mol. The van der Waals surface area contributed by atoms with Gasteiger partial charge in [-0.2, -0.15) is 0 Å². The maximum absolute atomic E-state index is 4.35.